The second kappa shape index (κ2) is 9.98. The summed E-state index contributed by atoms with van der Waals surface area (Å²) >= 11 is 14.4. The van der Waals surface area contributed by atoms with Crippen molar-refractivity contribution in [1.29, 1.82) is 0 Å². The summed E-state index contributed by atoms with van der Waals surface area (Å²) < 4.78 is 10.7. The predicted molar refractivity (Wildman–Crippen MR) is 155 cm³/mol. The molecule has 0 aromatic heterocycles. The van der Waals surface area contributed by atoms with E-state index in [9.17, 15) is 34.3 Å². The Balaban J connectivity index is 1.52. The monoisotopic (exact) mass is 628 g/mol. The first-order valence-electron chi connectivity index (χ1n) is 13.5. The highest BCUT2D eigenvalue weighted by Crippen LogP contribution is 2.66. The zero-order valence-corrected chi connectivity index (χ0v) is 24.8. The number of amides is 4. The fourth-order valence-corrected chi connectivity index (χ4v) is 8.30. The third-order valence-electron chi connectivity index (χ3n) is 9.28. The number of phenolic OH excluding ortho intramolecular Hbond substituents is 1. The number of hydrogen-bond acceptors (Lipinski definition) is 9. The minimum absolute atomic E-state index is 0.0283. The van der Waals surface area contributed by atoms with Gasteiger partial charge in [-0.1, -0.05) is 23.8 Å². The SMILES string of the molecule is COc1cc(C2C3=CCC4C(=O)N(c5cccc(B(O)O)c5)C(=O)C4C3CC3(Cl)C(=O)N(C)C(=O)C23Cl)cc(OC)c1O. The number of carbonyl (C=O) groups excluding carboxylic acids is 4. The number of rotatable bonds is 5. The largest absolute Gasteiger partial charge is 0.502 e. The predicted octanol–water partition coefficient (Wildman–Crippen LogP) is 1.28. The molecule has 3 N–H and O–H groups in total. The molecule has 6 atom stereocenters. The quantitative estimate of drug-likeness (QED) is 0.192. The van der Waals surface area contributed by atoms with E-state index >= 15 is 0 Å². The van der Waals surface area contributed by atoms with Crippen molar-refractivity contribution >= 4 is 65.1 Å². The van der Waals surface area contributed by atoms with E-state index in [2.05, 4.69) is 0 Å². The van der Waals surface area contributed by atoms with E-state index < -0.39 is 64.2 Å². The Morgan fingerprint density at radius 1 is 0.953 bits per heavy atom. The van der Waals surface area contributed by atoms with Crippen LogP contribution in [0.5, 0.6) is 17.2 Å². The maximum Gasteiger partial charge on any atom is 0.488 e. The first kappa shape index (κ1) is 29.5. The number of allylic oxidation sites excluding steroid dienone is 2. The van der Waals surface area contributed by atoms with Gasteiger partial charge in [0.05, 0.1) is 31.7 Å². The highest BCUT2D eigenvalue weighted by Gasteiger charge is 2.76. The molecule has 2 aliphatic carbocycles. The van der Waals surface area contributed by atoms with Crippen molar-refractivity contribution in [3.05, 3.63) is 53.6 Å². The van der Waals surface area contributed by atoms with Gasteiger partial charge in [-0.3, -0.25) is 29.0 Å². The molecule has 2 heterocycles. The van der Waals surface area contributed by atoms with Crippen molar-refractivity contribution in [1.82, 2.24) is 4.90 Å². The minimum atomic E-state index is -2.01. The van der Waals surface area contributed by atoms with E-state index in [0.29, 0.717) is 11.1 Å². The summed E-state index contributed by atoms with van der Waals surface area (Å²) in [6.07, 6.45) is 1.73. The normalized spacial score (nSPS) is 31.5. The number of likely N-dealkylation sites (tertiary alicyclic amines) is 1. The van der Waals surface area contributed by atoms with Crippen molar-refractivity contribution in [3.63, 3.8) is 0 Å². The maximum absolute atomic E-state index is 14.1. The molecular weight excluding hydrogens is 602 g/mol. The van der Waals surface area contributed by atoms with Gasteiger partial charge in [-0.2, -0.15) is 0 Å². The van der Waals surface area contributed by atoms with Gasteiger partial charge in [0.25, 0.3) is 11.8 Å². The van der Waals surface area contributed by atoms with Crippen LogP contribution in [0.15, 0.2) is 48.0 Å². The van der Waals surface area contributed by atoms with E-state index in [1.54, 1.807) is 6.08 Å². The fourth-order valence-electron chi connectivity index (χ4n) is 7.28. The van der Waals surface area contributed by atoms with Gasteiger partial charge in [-0.15, -0.1) is 23.2 Å². The third kappa shape index (κ3) is 3.83. The van der Waals surface area contributed by atoms with Gasteiger partial charge in [0.1, 0.15) is 0 Å². The van der Waals surface area contributed by atoms with Gasteiger partial charge >= 0.3 is 7.12 Å². The van der Waals surface area contributed by atoms with Gasteiger partial charge in [-0.05, 0) is 54.1 Å². The minimum Gasteiger partial charge on any atom is -0.502 e. The molecule has 2 saturated heterocycles. The highest BCUT2D eigenvalue weighted by atomic mass is 35.5. The molecule has 4 aliphatic rings. The van der Waals surface area contributed by atoms with Gasteiger partial charge in [0.15, 0.2) is 21.2 Å². The molecule has 3 fully saturated rings. The number of ether oxygens (including phenoxy) is 2. The molecule has 0 spiro atoms. The molecule has 2 aromatic rings. The van der Waals surface area contributed by atoms with Crippen molar-refractivity contribution in [2.45, 2.75) is 28.5 Å². The molecule has 224 valence electrons. The second-order valence-electron chi connectivity index (χ2n) is 11.3. The van der Waals surface area contributed by atoms with Gasteiger partial charge in [0.2, 0.25) is 17.6 Å². The summed E-state index contributed by atoms with van der Waals surface area (Å²) in [4.78, 5) is 53.1. The van der Waals surface area contributed by atoms with Crippen LogP contribution in [0.1, 0.15) is 24.3 Å². The van der Waals surface area contributed by atoms with Gasteiger partial charge < -0.3 is 24.6 Å². The molecular formula is C29H27BCl2N2O9. The van der Waals surface area contributed by atoms with E-state index in [0.717, 1.165) is 9.80 Å². The number of imide groups is 2. The number of carbonyl (C=O) groups is 4. The smallest absolute Gasteiger partial charge is 0.488 e. The Hall–Kier alpha value is -3.58. The maximum atomic E-state index is 14.1. The number of phenols is 1. The molecule has 2 aliphatic heterocycles. The van der Waals surface area contributed by atoms with Crippen LogP contribution in [-0.2, 0) is 19.2 Å². The Labute approximate surface area is 256 Å². The van der Waals surface area contributed by atoms with Crippen molar-refractivity contribution in [3.8, 4) is 17.2 Å². The topological polar surface area (TPSA) is 154 Å². The number of halogens is 2. The van der Waals surface area contributed by atoms with Crippen LogP contribution in [0.25, 0.3) is 0 Å². The van der Waals surface area contributed by atoms with Gasteiger partial charge in [0, 0.05) is 13.0 Å². The molecule has 14 heteroatoms. The summed E-state index contributed by atoms with van der Waals surface area (Å²) in [6.45, 7) is 0. The number of fused-ring (bicyclic) bond motifs is 4. The molecule has 11 nitrogen and oxygen atoms in total. The summed E-state index contributed by atoms with van der Waals surface area (Å²) in [5.74, 6) is -6.26. The number of methoxy groups -OCH3 is 2. The second-order valence-corrected chi connectivity index (χ2v) is 12.5. The van der Waals surface area contributed by atoms with E-state index in [1.165, 1.54) is 57.7 Å². The Morgan fingerprint density at radius 2 is 1.60 bits per heavy atom. The van der Waals surface area contributed by atoms with Crippen LogP contribution in [-0.4, -0.2) is 81.8 Å². The first-order chi connectivity index (χ1) is 20.3. The summed E-state index contributed by atoms with van der Waals surface area (Å²) in [7, 11) is 2.17. The average Bonchev–Trinajstić information content (AvgIpc) is 3.32. The number of nitrogens with zero attached hydrogens (tertiary/aromatic N) is 2. The third-order valence-corrected chi connectivity index (χ3v) is 10.7. The average molecular weight is 629 g/mol. The molecule has 2 aromatic carbocycles. The number of alkyl halides is 2. The van der Waals surface area contributed by atoms with Crippen LogP contribution in [0, 0.1) is 17.8 Å². The van der Waals surface area contributed by atoms with E-state index in [-0.39, 0.29) is 41.2 Å². The van der Waals surface area contributed by atoms with Crippen molar-refractivity contribution in [2.75, 3.05) is 26.2 Å². The number of benzene rings is 2. The lowest BCUT2D eigenvalue weighted by Crippen LogP contribution is -2.60. The summed E-state index contributed by atoms with van der Waals surface area (Å²) in [5, 5.41) is 29.9. The zero-order chi connectivity index (χ0) is 31.2. The zero-order valence-electron chi connectivity index (χ0n) is 23.3. The van der Waals surface area contributed by atoms with Crippen molar-refractivity contribution in [2.24, 2.45) is 17.8 Å². The van der Waals surface area contributed by atoms with Gasteiger partial charge in [-0.25, -0.2) is 0 Å². The Morgan fingerprint density at radius 3 is 2.21 bits per heavy atom. The number of anilines is 1. The van der Waals surface area contributed by atoms with E-state index in [1.807, 2.05) is 0 Å². The van der Waals surface area contributed by atoms with Crippen LogP contribution < -0.4 is 19.8 Å². The molecule has 43 heavy (non-hydrogen) atoms. The Kier molecular flexibility index (Phi) is 6.85. The lowest BCUT2D eigenvalue weighted by molar-refractivity contribution is -0.138. The molecule has 1 saturated carbocycles. The standard InChI is InChI=1S/C29H27BCl2N2O9/c1-33-26(38)28(31)12-18-16(22(29(28,32)27(33)39)13-9-19(42-2)23(35)20(10-13)43-3)7-8-17-21(18)25(37)34(24(17)36)15-6-4-5-14(11-15)30(40)41/h4-7,9-11,17-18,21-22,35,40-41H,8,12H2,1-3H3. The molecule has 6 unspecified atom stereocenters. The van der Waals surface area contributed by atoms with Crippen LogP contribution in [0.4, 0.5) is 5.69 Å². The van der Waals surface area contributed by atoms with Crippen LogP contribution in [0.3, 0.4) is 0 Å². The molecule has 6 rings (SSSR count). The van der Waals surface area contributed by atoms with E-state index in [4.69, 9.17) is 32.7 Å². The fraction of sp³-hybridized carbons (Fsp3) is 0.379. The Bertz CT molecular complexity index is 1610. The molecule has 0 bridgehead atoms. The van der Waals surface area contributed by atoms with Crippen LogP contribution in [0.2, 0.25) is 0 Å². The molecule has 0 radical (unpaired) electrons. The lowest BCUT2D eigenvalue weighted by Gasteiger charge is -2.50. The number of aromatic hydroxyl groups is 1. The number of hydrogen-bond donors (Lipinski definition) is 3. The summed E-state index contributed by atoms with van der Waals surface area (Å²) in [5.41, 5.74) is 1.19. The first-order valence-corrected chi connectivity index (χ1v) is 14.3. The summed E-state index contributed by atoms with van der Waals surface area (Å²) in [6, 6.07) is 8.80. The van der Waals surface area contributed by atoms with Crippen LogP contribution >= 0.6 is 23.2 Å². The van der Waals surface area contributed by atoms with Crippen molar-refractivity contribution < 1.29 is 43.8 Å². The lowest BCUT2D eigenvalue weighted by atomic mass is 9.56. The highest BCUT2D eigenvalue weighted by molar-refractivity contribution is 6.58. The molecule has 4 amide bonds.